The third kappa shape index (κ3) is 3.49. The van der Waals surface area contributed by atoms with Crippen molar-refractivity contribution < 1.29 is 4.79 Å². The van der Waals surface area contributed by atoms with Crippen LogP contribution in [0.25, 0.3) is 5.69 Å². The summed E-state index contributed by atoms with van der Waals surface area (Å²) in [6.07, 6.45) is 0. The summed E-state index contributed by atoms with van der Waals surface area (Å²) in [5.41, 5.74) is 8.79. The molecule has 0 aliphatic carbocycles. The molecule has 1 atom stereocenters. The standard InChI is InChI=1S/C18H18ClN5O/c1-11-8-9-14(19)10-15(11)24-17(20)16(22-23-24)18(25)21-12(2)13-6-4-3-5-7-13/h3-10,12H,20H2,1-2H3,(H,21,25). The Kier molecular flexibility index (Phi) is 4.72. The third-order valence-electron chi connectivity index (χ3n) is 3.97. The summed E-state index contributed by atoms with van der Waals surface area (Å²) in [5, 5.41) is 11.4. The smallest absolute Gasteiger partial charge is 0.276 e. The normalized spacial score (nSPS) is 12.0. The Labute approximate surface area is 150 Å². The number of nitrogen functional groups attached to an aromatic ring is 1. The summed E-state index contributed by atoms with van der Waals surface area (Å²) in [5.74, 6) is -0.206. The monoisotopic (exact) mass is 355 g/mol. The van der Waals surface area contributed by atoms with E-state index in [1.165, 1.54) is 4.68 Å². The molecule has 0 fully saturated rings. The largest absolute Gasteiger partial charge is 0.382 e. The van der Waals surface area contributed by atoms with Crippen molar-refractivity contribution in [2.24, 2.45) is 0 Å². The Balaban J connectivity index is 1.86. The molecule has 1 amide bonds. The second-order valence-corrected chi connectivity index (χ2v) is 6.21. The number of carbonyl (C=O) groups is 1. The van der Waals surface area contributed by atoms with Gasteiger partial charge >= 0.3 is 0 Å². The maximum Gasteiger partial charge on any atom is 0.276 e. The Morgan fingerprint density at radius 2 is 1.96 bits per heavy atom. The van der Waals surface area contributed by atoms with E-state index in [-0.39, 0.29) is 23.5 Å². The van der Waals surface area contributed by atoms with Crippen LogP contribution in [0.5, 0.6) is 0 Å². The van der Waals surface area contributed by atoms with E-state index < -0.39 is 0 Å². The van der Waals surface area contributed by atoms with Gasteiger partial charge in [-0.05, 0) is 37.1 Å². The number of hydrogen-bond acceptors (Lipinski definition) is 4. The zero-order chi connectivity index (χ0) is 18.0. The Hall–Kier alpha value is -2.86. The van der Waals surface area contributed by atoms with Crippen LogP contribution < -0.4 is 11.1 Å². The number of nitrogens with zero attached hydrogens (tertiary/aromatic N) is 3. The molecule has 3 N–H and O–H groups in total. The number of nitrogens with one attached hydrogen (secondary N) is 1. The summed E-state index contributed by atoms with van der Waals surface area (Å²) >= 11 is 6.04. The van der Waals surface area contributed by atoms with Crippen LogP contribution in [0, 0.1) is 6.92 Å². The lowest BCUT2D eigenvalue weighted by molar-refractivity contribution is 0.0935. The number of rotatable bonds is 4. The number of aromatic nitrogens is 3. The molecule has 2 aromatic carbocycles. The highest BCUT2D eigenvalue weighted by atomic mass is 35.5. The van der Waals surface area contributed by atoms with Crippen LogP contribution in [0.3, 0.4) is 0 Å². The first-order chi connectivity index (χ1) is 12.0. The van der Waals surface area contributed by atoms with E-state index in [9.17, 15) is 4.79 Å². The lowest BCUT2D eigenvalue weighted by Gasteiger charge is -2.13. The lowest BCUT2D eigenvalue weighted by atomic mass is 10.1. The molecule has 6 nitrogen and oxygen atoms in total. The van der Waals surface area contributed by atoms with Crippen molar-refractivity contribution in [2.75, 3.05) is 5.73 Å². The molecule has 0 saturated heterocycles. The average Bonchev–Trinajstić information content (AvgIpc) is 2.99. The fraction of sp³-hybridized carbons (Fsp3) is 0.167. The highest BCUT2D eigenvalue weighted by Gasteiger charge is 2.21. The Bertz CT molecular complexity index is 907. The molecule has 1 unspecified atom stereocenters. The van der Waals surface area contributed by atoms with Gasteiger partial charge in [-0.25, -0.2) is 0 Å². The summed E-state index contributed by atoms with van der Waals surface area (Å²) in [6.45, 7) is 3.80. The van der Waals surface area contributed by atoms with Gasteiger partial charge in [-0.15, -0.1) is 5.10 Å². The summed E-state index contributed by atoms with van der Waals surface area (Å²) in [6, 6.07) is 14.9. The molecule has 128 valence electrons. The van der Waals surface area contributed by atoms with E-state index >= 15 is 0 Å². The Morgan fingerprint density at radius 3 is 2.68 bits per heavy atom. The second-order valence-electron chi connectivity index (χ2n) is 5.77. The van der Waals surface area contributed by atoms with Crippen LogP contribution >= 0.6 is 11.6 Å². The molecular weight excluding hydrogens is 338 g/mol. The van der Waals surface area contributed by atoms with Crippen molar-refractivity contribution in [3.05, 3.63) is 70.4 Å². The number of halogens is 1. The molecule has 3 rings (SSSR count). The number of benzene rings is 2. The molecule has 1 aromatic heterocycles. The maximum atomic E-state index is 12.5. The fourth-order valence-corrected chi connectivity index (χ4v) is 2.70. The van der Waals surface area contributed by atoms with E-state index in [4.69, 9.17) is 17.3 Å². The van der Waals surface area contributed by atoms with Crippen molar-refractivity contribution in [2.45, 2.75) is 19.9 Å². The quantitative estimate of drug-likeness (QED) is 0.751. The summed E-state index contributed by atoms with van der Waals surface area (Å²) in [7, 11) is 0. The predicted molar refractivity (Wildman–Crippen MR) is 97.8 cm³/mol. The van der Waals surface area contributed by atoms with E-state index in [1.54, 1.807) is 12.1 Å². The molecule has 25 heavy (non-hydrogen) atoms. The van der Waals surface area contributed by atoms with Gasteiger partial charge in [0.1, 0.15) is 0 Å². The van der Waals surface area contributed by atoms with Gasteiger partial charge in [0.05, 0.1) is 11.7 Å². The van der Waals surface area contributed by atoms with Gasteiger partial charge in [0.2, 0.25) is 0 Å². The number of hydrogen-bond donors (Lipinski definition) is 2. The first-order valence-electron chi connectivity index (χ1n) is 7.81. The van der Waals surface area contributed by atoms with Crippen molar-refractivity contribution in [3.63, 3.8) is 0 Å². The molecular formula is C18H18ClN5O. The summed E-state index contributed by atoms with van der Waals surface area (Å²) < 4.78 is 1.42. The third-order valence-corrected chi connectivity index (χ3v) is 4.20. The number of anilines is 1. The fourth-order valence-electron chi connectivity index (χ4n) is 2.53. The van der Waals surface area contributed by atoms with Gasteiger partial charge in [-0.2, -0.15) is 4.68 Å². The molecule has 0 aliphatic heterocycles. The first kappa shape index (κ1) is 17.0. The molecule has 0 radical (unpaired) electrons. The van der Waals surface area contributed by atoms with Crippen LogP contribution in [0.4, 0.5) is 5.82 Å². The van der Waals surface area contributed by atoms with Crippen LogP contribution in [-0.4, -0.2) is 20.9 Å². The van der Waals surface area contributed by atoms with Gasteiger partial charge in [0.15, 0.2) is 11.5 Å². The van der Waals surface area contributed by atoms with Gasteiger partial charge in [0.25, 0.3) is 5.91 Å². The predicted octanol–water partition coefficient (Wildman–Crippen LogP) is 3.30. The van der Waals surface area contributed by atoms with E-state index in [0.29, 0.717) is 10.7 Å². The van der Waals surface area contributed by atoms with Gasteiger partial charge in [-0.1, -0.05) is 53.2 Å². The van der Waals surface area contributed by atoms with Crippen molar-refractivity contribution >= 4 is 23.3 Å². The molecule has 0 spiro atoms. The highest BCUT2D eigenvalue weighted by Crippen LogP contribution is 2.22. The zero-order valence-corrected chi connectivity index (χ0v) is 14.7. The van der Waals surface area contributed by atoms with E-state index in [2.05, 4.69) is 15.6 Å². The van der Waals surface area contributed by atoms with Crippen LogP contribution in [0.2, 0.25) is 5.02 Å². The lowest BCUT2D eigenvalue weighted by Crippen LogP contribution is -2.27. The highest BCUT2D eigenvalue weighted by molar-refractivity contribution is 6.30. The SMILES string of the molecule is Cc1ccc(Cl)cc1-n1nnc(C(=O)NC(C)c2ccccc2)c1N. The average molecular weight is 356 g/mol. The van der Waals surface area contributed by atoms with Crippen molar-refractivity contribution in [1.82, 2.24) is 20.3 Å². The van der Waals surface area contributed by atoms with Gasteiger partial charge in [-0.3, -0.25) is 4.79 Å². The minimum absolute atomic E-state index is 0.0853. The van der Waals surface area contributed by atoms with E-state index in [0.717, 1.165) is 11.1 Å². The van der Waals surface area contributed by atoms with Crippen LogP contribution in [0.1, 0.15) is 34.6 Å². The minimum Gasteiger partial charge on any atom is -0.382 e. The number of aryl methyl sites for hydroxylation is 1. The van der Waals surface area contributed by atoms with Crippen molar-refractivity contribution in [1.29, 1.82) is 0 Å². The van der Waals surface area contributed by atoms with Crippen LogP contribution in [-0.2, 0) is 0 Å². The van der Waals surface area contributed by atoms with E-state index in [1.807, 2.05) is 50.2 Å². The van der Waals surface area contributed by atoms with Gasteiger partial charge < -0.3 is 11.1 Å². The maximum absolute atomic E-state index is 12.5. The topological polar surface area (TPSA) is 85.8 Å². The molecule has 0 aliphatic rings. The summed E-state index contributed by atoms with van der Waals surface area (Å²) in [4.78, 5) is 12.5. The van der Waals surface area contributed by atoms with Gasteiger partial charge in [0, 0.05) is 5.02 Å². The minimum atomic E-state index is -0.375. The Morgan fingerprint density at radius 1 is 1.24 bits per heavy atom. The molecule has 0 bridgehead atoms. The number of carbonyl (C=O) groups excluding carboxylic acids is 1. The molecule has 1 heterocycles. The number of nitrogens with two attached hydrogens (primary N) is 1. The second kappa shape index (κ2) is 6.94. The number of amides is 1. The first-order valence-corrected chi connectivity index (χ1v) is 8.18. The van der Waals surface area contributed by atoms with Crippen LogP contribution in [0.15, 0.2) is 48.5 Å². The molecule has 7 heteroatoms. The zero-order valence-electron chi connectivity index (χ0n) is 13.9. The molecule has 0 saturated carbocycles. The molecule has 3 aromatic rings. The van der Waals surface area contributed by atoms with Crippen molar-refractivity contribution in [3.8, 4) is 5.69 Å².